The van der Waals surface area contributed by atoms with Crippen LogP contribution in [0.3, 0.4) is 0 Å². The Morgan fingerprint density at radius 2 is 2.00 bits per heavy atom. The smallest absolute Gasteiger partial charge is 0.266 e. The first-order valence-corrected chi connectivity index (χ1v) is 11.6. The molecule has 2 aromatic carbocycles. The van der Waals surface area contributed by atoms with Gasteiger partial charge in [0, 0.05) is 31.2 Å². The zero-order valence-electron chi connectivity index (χ0n) is 18.0. The number of nitrogens with zero attached hydrogens (tertiary/aromatic N) is 3. The highest BCUT2D eigenvalue weighted by atomic mass is 35.5. The maximum Gasteiger partial charge on any atom is 0.266 e. The predicted octanol–water partition coefficient (Wildman–Crippen LogP) is 4.81. The van der Waals surface area contributed by atoms with Crippen LogP contribution in [0.15, 0.2) is 42.5 Å². The lowest BCUT2D eigenvalue weighted by Crippen LogP contribution is -2.40. The van der Waals surface area contributed by atoms with Crippen LogP contribution in [-0.4, -0.2) is 61.8 Å². The molecule has 0 spiro atoms. The van der Waals surface area contributed by atoms with Gasteiger partial charge in [0.15, 0.2) is 11.7 Å². The number of amides is 1. The Balaban J connectivity index is 0.00000289. The van der Waals surface area contributed by atoms with Crippen LogP contribution in [-0.2, 0) is 9.53 Å². The molecule has 1 saturated heterocycles. The van der Waals surface area contributed by atoms with Crippen LogP contribution < -0.4 is 9.64 Å². The van der Waals surface area contributed by atoms with Crippen molar-refractivity contribution in [1.82, 2.24) is 9.88 Å². The van der Waals surface area contributed by atoms with Gasteiger partial charge < -0.3 is 9.47 Å². The standard InChI is InChI=1S/C23H26ClN3O3S.ClH/c1-17-14-18(24)15-20-22(17)25-23(31-20)27(9-5-8-26-10-12-29-13-11-26)21(28)16-30-19-6-3-2-4-7-19;/h2-4,6-7,14-15H,5,8-13,16H2,1H3;1H. The molecule has 0 saturated carbocycles. The van der Waals surface area contributed by atoms with E-state index < -0.39 is 0 Å². The number of carbonyl (C=O) groups is 1. The lowest BCUT2D eigenvalue weighted by Gasteiger charge is -2.27. The van der Waals surface area contributed by atoms with Crippen molar-refractivity contribution >= 4 is 56.6 Å². The number of aryl methyl sites for hydroxylation is 1. The number of anilines is 1. The molecule has 0 N–H and O–H groups in total. The van der Waals surface area contributed by atoms with Crippen molar-refractivity contribution in [3.8, 4) is 5.75 Å². The van der Waals surface area contributed by atoms with Crippen LogP contribution in [0.25, 0.3) is 10.2 Å². The first-order chi connectivity index (χ1) is 15.1. The highest BCUT2D eigenvalue weighted by molar-refractivity contribution is 7.22. The maximum atomic E-state index is 13.1. The van der Waals surface area contributed by atoms with E-state index in [0.717, 1.165) is 55.0 Å². The second-order valence-electron chi connectivity index (χ2n) is 7.52. The average Bonchev–Trinajstić information content (AvgIpc) is 3.20. The quantitative estimate of drug-likeness (QED) is 0.448. The molecule has 0 unspecified atom stereocenters. The first kappa shape index (κ1) is 24.7. The van der Waals surface area contributed by atoms with Gasteiger partial charge in [-0.1, -0.05) is 41.1 Å². The summed E-state index contributed by atoms with van der Waals surface area (Å²) in [7, 11) is 0. The summed E-state index contributed by atoms with van der Waals surface area (Å²) in [6.07, 6.45) is 0.854. The molecule has 1 amide bonds. The molecule has 0 radical (unpaired) electrons. The van der Waals surface area contributed by atoms with Gasteiger partial charge in [0.25, 0.3) is 5.91 Å². The Kier molecular flexibility index (Phi) is 9.13. The number of thiazole rings is 1. The summed E-state index contributed by atoms with van der Waals surface area (Å²) in [5.41, 5.74) is 1.89. The maximum absolute atomic E-state index is 13.1. The van der Waals surface area contributed by atoms with Crippen LogP contribution in [0, 0.1) is 6.92 Å². The molecule has 3 aromatic rings. The Bertz CT molecular complexity index is 1030. The number of hydrogen-bond donors (Lipinski definition) is 0. The SMILES string of the molecule is Cc1cc(Cl)cc2sc(N(CCCN3CCOCC3)C(=O)COc3ccccc3)nc12.Cl. The summed E-state index contributed by atoms with van der Waals surface area (Å²) in [5, 5.41) is 1.36. The molecule has 9 heteroatoms. The van der Waals surface area contributed by atoms with Gasteiger partial charge in [0.2, 0.25) is 0 Å². The van der Waals surface area contributed by atoms with Gasteiger partial charge in [-0.15, -0.1) is 12.4 Å². The number of ether oxygens (including phenoxy) is 2. The molecule has 32 heavy (non-hydrogen) atoms. The molecule has 6 nitrogen and oxygen atoms in total. The molecule has 0 bridgehead atoms. The number of aromatic nitrogens is 1. The van der Waals surface area contributed by atoms with E-state index in [-0.39, 0.29) is 24.9 Å². The summed E-state index contributed by atoms with van der Waals surface area (Å²) in [4.78, 5) is 22.0. The van der Waals surface area contributed by atoms with Crippen molar-refractivity contribution in [2.45, 2.75) is 13.3 Å². The van der Waals surface area contributed by atoms with Gasteiger partial charge >= 0.3 is 0 Å². The number of benzene rings is 2. The van der Waals surface area contributed by atoms with E-state index in [9.17, 15) is 4.79 Å². The van der Waals surface area contributed by atoms with Crippen molar-refractivity contribution in [2.24, 2.45) is 0 Å². The van der Waals surface area contributed by atoms with E-state index in [2.05, 4.69) is 4.90 Å². The molecule has 0 atom stereocenters. The largest absolute Gasteiger partial charge is 0.484 e. The van der Waals surface area contributed by atoms with Gasteiger partial charge in [-0.05, 0) is 43.2 Å². The molecule has 0 aliphatic carbocycles. The zero-order valence-corrected chi connectivity index (χ0v) is 20.3. The number of hydrogen-bond acceptors (Lipinski definition) is 6. The Morgan fingerprint density at radius 1 is 1.25 bits per heavy atom. The van der Waals surface area contributed by atoms with Crippen LogP contribution >= 0.6 is 35.3 Å². The monoisotopic (exact) mass is 495 g/mol. The minimum atomic E-state index is -0.103. The Hall–Kier alpha value is -1.90. The zero-order chi connectivity index (χ0) is 21.6. The average molecular weight is 496 g/mol. The van der Waals surface area contributed by atoms with Crippen molar-refractivity contribution < 1.29 is 14.3 Å². The van der Waals surface area contributed by atoms with Crippen LogP contribution in [0.4, 0.5) is 5.13 Å². The van der Waals surface area contributed by atoms with E-state index in [1.165, 1.54) is 11.3 Å². The fourth-order valence-electron chi connectivity index (χ4n) is 3.60. The molecule has 4 rings (SSSR count). The highest BCUT2D eigenvalue weighted by Gasteiger charge is 2.21. The minimum Gasteiger partial charge on any atom is -0.484 e. The third kappa shape index (κ3) is 6.33. The predicted molar refractivity (Wildman–Crippen MR) is 133 cm³/mol. The van der Waals surface area contributed by atoms with Gasteiger partial charge in [-0.25, -0.2) is 4.98 Å². The second-order valence-corrected chi connectivity index (χ2v) is 8.97. The number of halogens is 2. The molecule has 1 aliphatic rings. The van der Waals surface area contributed by atoms with Crippen molar-refractivity contribution in [3.63, 3.8) is 0 Å². The van der Waals surface area contributed by atoms with E-state index in [1.54, 1.807) is 4.90 Å². The van der Waals surface area contributed by atoms with Crippen LogP contribution in [0.5, 0.6) is 5.75 Å². The van der Waals surface area contributed by atoms with Gasteiger partial charge in [0.05, 0.1) is 23.4 Å². The molecule has 1 fully saturated rings. The van der Waals surface area contributed by atoms with E-state index in [4.69, 9.17) is 26.1 Å². The summed E-state index contributed by atoms with van der Waals surface area (Å²) in [5.74, 6) is 0.574. The van der Waals surface area contributed by atoms with Gasteiger partial charge in [-0.2, -0.15) is 0 Å². The number of carbonyl (C=O) groups excluding carboxylic acids is 1. The summed E-state index contributed by atoms with van der Waals surface area (Å²) in [6.45, 7) is 6.87. The van der Waals surface area contributed by atoms with Crippen LogP contribution in [0.1, 0.15) is 12.0 Å². The normalized spacial score (nSPS) is 14.2. The molecular weight excluding hydrogens is 469 g/mol. The van der Waals surface area contributed by atoms with Gasteiger partial charge in [0.1, 0.15) is 5.75 Å². The Morgan fingerprint density at radius 3 is 2.75 bits per heavy atom. The number of para-hydroxylation sites is 1. The number of rotatable bonds is 8. The molecule has 2 heterocycles. The fourth-order valence-corrected chi connectivity index (χ4v) is 5.07. The highest BCUT2D eigenvalue weighted by Crippen LogP contribution is 2.33. The van der Waals surface area contributed by atoms with Crippen molar-refractivity contribution in [2.75, 3.05) is 50.9 Å². The second kappa shape index (κ2) is 11.8. The minimum absolute atomic E-state index is 0. The molecule has 172 valence electrons. The third-order valence-corrected chi connectivity index (χ3v) is 6.48. The lowest BCUT2D eigenvalue weighted by atomic mass is 10.2. The van der Waals surface area contributed by atoms with Gasteiger partial charge in [-0.3, -0.25) is 14.6 Å². The molecular formula is C23H27Cl2N3O3S. The van der Waals surface area contributed by atoms with Crippen molar-refractivity contribution in [3.05, 3.63) is 53.1 Å². The molecule has 1 aromatic heterocycles. The van der Waals surface area contributed by atoms with Crippen LogP contribution in [0.2, 0.25) is 5.02 Å². The van der Waals surface area contributed by atoms with E-state index in [0.29, 0.717) is 22.4 Å². The first-order valence-electron chi connectivity index (χ1n) is 10.4. The Labute approximate surface area is 203 Å². The van der Waals surface area contributed by atoms with E-state index in [1.807, 2.05) is 49.4 Å². The molecule has 1 aliphatic heterocycles. The summed E-state index contributed by atoms with van der Waals surface area (Å²) in [6, 6.07) is 13.2. The number of morpholine rings is 1. The lowest BCUT2D eigenvalue weighted by molar-refractivity contribution is -0.120. The summed E-state index contributed by atoms with van der Waals surface area (Å²) < 4.78 is 12.1. The fraction of sp³-hybridized carbons (Fsp3) is 0.391. The van der Waals surface area contributed by atoms with Crippen molar-refractivity contribution in [1.29, 1.82) is 0 Å². The third-order valence-electron chi connectivity index (χ3n) is 5.24. The van der Waals surface area contributed by atoms with E-state index >= 15 is 0 Å². The number of fused-ring (bicyclic) bond motifs is 1. The topological polar surface area (TPSA) is 54.9 Å². The summed E-state index contributed by atoms with van der Waals surface area (Å²) >= 11 is 7.72.